The molecule has 26 heavy (non-hydrogen) atoms. The summed E-state index contributed by atoms with van der Waals surface area (Å²) in [5.41, 5.74) is 5.13. The summed E-state index contributed by atoms with van der Waals surface area (Å²) in [6, 6.07) is 23.3. The van der Waals surface area contributed by atoms with Gasteiger partial charge in [-0.05, 0) is 33.4 Å². The topological polar surface area (TPSA) is 95.2 Å². The molecule has 4 heteroatoms. The van der Waals surface area contributed by atoms with Gasteiger partial charge in [-0.25, -0.2) is 0 Å². The lowest BCUT2D eigenvalue weighted by molar-refractivity contribution is 0.846. The molecule has 0 aromatic heterocycles. The Hall–Kier alpha value is -4.12. The zero-order valence-corrected chi connectivity index (χ0v) is 13.6. The first-order valence-corrected chi connectivity index (χ1v) is 8.04. The standard InChI is InChI=1S/C22H10N4/c23-9-13(10-24)19-15-5-1-3-7-17(15)21-20(14(11-25)12-26)16-6-2-4-8-18(16)22(19)21/h1-8,21-22H. The van der Waals surface area contributed by atoms with Gasteiger partial charge in [-0.3, -0.25) is 0 Å². The summed E-state index contributed by atoms with van der Waals surface area (Å²) in [6.45, 7) is 0. The Balaban J connectivity index is 2.17. The van der Waals surface area contributed by atoms with Crippen LogP contribution in [-0.2, 0) is 0 Å². The molecule has 0 bridgehead atoms. The summed E-state index contributed by atoms with van der Waals surface area (Å²) >= 11 is 0. The Morgan fingerprint density at radius 3 is 1.27 bits per heavy atom. The van der Waals surface area contributed by atoms with Gasteiger partial charge in [-0.2, -0.15) is 21.0 Å². The fraction of sp³-hybridized carbons (Fsp3) is 0.0909. The fourth-order valence-electron chi connectivity index (χ4n) is 4.24. The van der Waals surface area contributed by atoms with Crippen LogP contribution in [-0.4, -0.2) is 0 Å². The summed E-state index contributed by atoms with van der Waals surface area (Å²) in [5, 5.41) is 38.0. The van der Waals surface area contributed by atoms with Crippen LogP contribution in [0.2, 0.25) is 0 Å². The summed E-state index contributed by atoms with van der Waals surface area (Å²) in [6.07, 6.45) is 0. The number of nitrogens with zero attached hydrogens (tertiary/aromatic N) is 4. The summed E-state index contributed by atoms with van der Waals surface area (Å²) in [5.74, 6) is -0.464. The van der Waals surface area contributed by atoms with Crippen molar-refractivity contribution in [1.82, 2.24) is 0 Å². The molecule has 4 nitrogen and oxygen atoms in total. The molecular weight excluding hydrogens is 320 g/mol. The smallest absolute Gasteiger partial charge is 0.134 e. The third-order valence-electron chi connectivity index (χ3n) is 5.11. The van der Waals surface area contributed by atoms with E-state index in [0.717, 1.165) is 22.3 Å². The third-order valence-corrected chi connectivity index (χ3v) is 5.11. The highest BCUT2D eigenvalue weighted by Gasteiger charge is 2.48. The Morgan fingerprint density at radius 2 is 0.923 bits per heavy atom. The lowest BCUT2D eigenvalue weighted by atomic mass is 9.86. The first-order valence-electron chi connectivity index (χ1n) is 8.04. The van der Waals surface area contributed by atoms with Gasteiger partial charge in [0.1, 0.15) is 35.4 Å². The minimum absolute atomic E-state index is 0.0801. The zero-order chi connectivity index (χ0) is 18.3. The second-order valence-corrected chi connectivity index (χ2v) is 6.15. The van der Waals surface area contributed by atoms with Crippen molar-refractivity contribution in [3.8, 4) is 24.3 Å². The molecule has 2 atom stereocenters. The third kappa shape index (κ3) is 1.85. The van der Waals surface area contributed by atoms with Crippen molar-refractivity contribution in [2.45, 2.75) is 11.8 Å². The van der Waals surface area contributed by atoms with Crippen LogP contribution >= 0.6 is 0 Å². The normalized spacial score (nSPS) is 18.5. The van der Waals surface area contributed by atoms with Crippen molar-refractivity contribution in [2.24, 2.45) is 0 Å². The average molecular weight is 330 g/mol. The van der Waals surface area contributed by atoms with Crippen LogP contribution in [0.5, 0.6) is 0 Å². The lowest BCUT2D eigenvalue weighted by Crippen LogP contribution is -2.01. The molecule has 0 saturated heterocycles. The van der Waals surface area contributed by atoms with E-state index >= 15 is 0 Å². The maximum Gasteiger partial charge on any atom is 0.134 e. The van der Waals surface area contributed by atoms with Gasteiger partial charge in [-0.15, -0.1) is 0 Å². The predicted octanol–water partition coefficient (Wildman–Crippen LogP) is 4.18. The van der Waals surface area contributed by atoms with Crippen LogP contribution in [0.25, 0.3) is 11.1 Å². The molecule has 0 N–H and O–H groups in total. The molecule has 2 aliphatic carbocycles. The molecule has 0 fully saturated rings. The second-order valence-electron chi connectivity index (χ2n) is 6.15. The van der Waals surface area contributed by atoms with Crippen molar-refractivity contribution >= 4 is 11.1 Å². The first kappa shape index (κ1) is 15.4. The molecule has 2 aromatic rings. The highest BCUT2D eigenvalue weighted by molar-refractivity contribution is 5.98. The van der Waals surface area contributed by atoms with Crippen LogP contribution < -0.4 is 0 Å². The van der Waals surface area contributed by atoms with Gasteiger partial charge in [0.05, 0.1) is 0 Å². The highest BCUT2D eigenvalue weighted by Crippen LogP contribution is 2.63. The van der Waals surface area contributed by atoms with E-state index in [9.17, 15) is 21.0 Å². The summed E-state index contributed by atoms with van der Waals surface area (Å²) < 4.78 is 0. The molecule has 0 aliphatic heterocycles. The number of rotatable bonds is 0. The maximum atomic E-state index is 9.50. The number of hydrogen-bond acceptors (Lipinski definition) is 4. The molecule has 0 saturated carbocycles. The van der Waals surface area contributed by atoms with Gasteiger partial charge >= 0.3 is 0 Å². The Bertz CT molecular complexity index is 1060. The zero-order valence-electron chi connectivity index (χ0n) is 13.6. The van der Waals surface area contributed by atoms with E-state index in [1.165, 1.54) is 0 Å². The van der Waals surface area contributed by atoms with E-state index in [1.54, 1.807) is 0 Å². The number of hydrogen-bond donors (Lipinski definition) is 0. The largest absolute Gasteiger partial charge is 0.192 e. The molecule has 2 unspecified atom stereocenters. The number of allylic oxidation sites excluding steroid dienone is 4. The van der Waals surface area contributed by atoms with Crippen molar-refractivity contribution in [1.29, 1.82) is 21.0 Å². The first-order chi connectivity index (χ1) is 12.8. The molecule has 0 heterocycles. The number of nitriles is 4. The van der Waals surface area contributed by atoms with Gasteiger partial charge < -0.3 is 0 Å². The van der Waals surface area contributed by atoms with Crippen molar-refractivity contribution in [2.75, 3.05) is 0 Å². The number of fused-ring (bicyclic) bond motifs is 5. The predicted molar refractivity (Wildman–Crippen MR) is 94.7 cm³/mol. The molecule has 118 valence electrons. The van der Waals surface area contributed by atoms with E-state index in [0.29, 0.717) is 11.1 Å². The van der Waals surface area contributed by atoms with Crippen LogP contribution in [0.3, 0.4) is 0 Å². The quantitative estimate of drug-likeness (QED) is 0.677. The number of benzene rings is 2. The molecule has 2 aromatic carbocycles. The van der Waals surface area contributed by atoms with Gasteiger partial charge in [0.2, 0.25) is 0 Å². The Morgan fingerprint density at radius 1 is 0.577 bits per heavy atom. The summed E-state index contributed by atoms with van der Waals surface area (Å²) in [4.78, 5) is 0. The maximum absolute atomic E-state index is 9.50. The van der Waals surface area contributed by atoms with E-state index in [-0.39, 0.29) is 23.0 Å². The van der Waals surface area contributed by atoms with Gasteiger partial charge in [0.15, 0.2) is 0 Å². The average Bonchev–Trinajstić information content (AvgIpc) is 3.19. The van der Waals surface area contributed by atoms with Crippen molar-refractivity contribution in [3.05, 3.63) is 81.9 Å². The molecule has 0 amide bonds. The van der Waals surface area contributed by atoms with Crippen LogP contribution in [0.4, 0.5) is 0 Å². The minimum Gasteiger partial charge on any atom is -0.192 e. The molecule has 0 spiro atoms. The van der Waals surface area contributed by atoms with Gasteiger partial charge in [0, 0.05) is 11.8 Å². The van der Waals surface area contributed by atoms with Crippen molar-refractivity contribution < 1.29 is 0 Å². The summed E-state index contributed by atoms with van der Waals surface area (Å²) in [7, 11) is 0. The molecule has 0 radical (unpaired) electrons. The monoisotopic (exact) mass is 330 g/mol. The SMILES string of the molecule is N#CC(C#N)=C1c2ccccc2C2C(=C(C#N)C#N)c3ccccc3C12. The molecular formula is C22H10N4. The van der Waals surface area contributed by atoms with Gasteiger partial charge in [0.25, 0.3) is 0 Å². The Labute approximate surface area is 150 Å². The van der Waals surface area contributed by atoms with Crippen LogP contribution in [0.1, 0.15) is 34.1 Å². The Kier molecular flexibility index (Phi) is 3.41. The van der Waals surface area contributed by atoms with E-state index in [4.69, 9.17) is 0 Å². The second kappa shape index (κ2) is 5.75. The van der Waals surface area contributed by atoms with Gasteiger partial charge in [-0.1, -0.05) is 48.5 Å². The lowest BCUT2D eigenvalue weighted by Gasteiger charge is -2.14. The van der Waals surface area contributed by atoms with Crippen LogP contribution in [0, 0.1) is 45.3 Å². The van der Waals surface area contributed by atoms with E-state index < -0.39 is 0 Å². The van der Waals surface area contributed by atoms with Crippen molar-refractivity contribution in [3.63, 3.8) is 0 Å². The highest BCUT2D eigenvalue weighted by atomic mass is 14.5. The fourth-order valence-corrected chi connectivity index (χ4v) is 4.24. The molecule has 2 aliphatic rings. The minimum atomic E-state index is -0.232. The molecule has 4 rings (SSSR count). The van der Waals surface area contributed by atoms with Crippen LogP contribution in [0.15, 0.2) is 59.7 Å². The van der Waals surface area contributed by atoms with E-state index in [1.807, 2.05) is 72.8 Å². The van der Waals surface area contributed by atoms with E-state index in [2.05, 4.69) is 0 Å².